The van der Waals surface area contributed by atoms with Crippen LogP contribution in [0.5, 0.6) is 5.75 Å². The number of methoxy groups -OCH3 is 1. The number of non-ortho nitro benzene ring substituents is 1. The van der Waals surface area contributed by atoms with Gasteiger partial charge in [0.25, 0.3) is 5.69 Å². The number of carbonyl (C=O) groups is 1. The molecule has 0 radical (unpaired) electrons. The Hall–Kier alpha value is -2.11. The van der Waals surface area contributed by atoms with Crippen molar-refractivity contribution < 1.29 is 19.6 Å². The van der Waals surface area contributed by atoms with Gasteiger partial charge in [-0.3, -0.25) is 10.1 Å². The van der Waals surface area contributed by atoms with Gasteiger partial charge in [0.05, 0.1) is 12.0 Å². The smallest absolute Gasteiger partial charge is 0.339 e. The second-order valence-corrected chi connectivity index (χ2v) is 2.45. The predicted molar refractivity (Wildman–Crippen MR) is 46.6 cm³/mol. The Morgan fingerprint density at radius 2 is 2.21 bits per heavy atom. The van der Waals surface area contributed by atoms with Crippen molar-refractivity contribution in [3.63, 3.8) is 0 Å². The second kappa shape index (κ2) is 3.73. The molecule has 6 heteroatoms. The van der Waals surface area contributed by atoms with Crippen LogP contribution in [0.3, 0.4) is 0 Å². The average molecular weight is 197 g/mol. The van der Waals surface area contributed by atoms with Gasteiger partial charge in [0.2, 0.25) is 0 Å². The molecule has 6 nitrogen and oxygen atoms in total. The molecular formula is C8H7NO5. The van der Waals surface area contributed by atoms with Gasteiger partial charge >= 0.3 is 5.97 Å². The zero-order valence-electron chi connectivity index (χ0n) is 7.26. The van der Waals surface area contributed by atoms with Gasteiger partial charge < -0.3 is 9.84 Å². The van der Waals surface area contributed by atoms with E-state index in [0.717, 1.165) is 6.07 Å². The molecule has 0 heterocycles. The minimum atomic E-state index is -1.26. The third kappa shape index (κ3) is 1.79. The fourth-order valence-corrected chi connectivity index (χ4v) is 0.977. The number of nitrogens with zero attached hydrogens (tertiary/aromatic N) is 1. The monoisotopic (exact) mass is 197 g/mol. The summed E-state index contributed by atoms with van der Waals surface area (Å²) in [4.78, 5) is 20.3. The molecule has 74 valence electrons. The van der Waals surface area contributed by atoms with Crippen LogP contribution in [-0.4, -0.2) is 23.1 Å². The fourth-order valence-electron chi connectivity index (χ4n) is 0.977. The Labute approximate surface area is 78.9 Å². The molecule has 0 amide bonds. The highest BCUT2D eigenvalue weighted by molar-refractivity contribution is 5.91. The van der Waals surface area contributed by atoms with Crippen molar-refractivity contribution in [3.05, 3.63) is 33.9 Å². The molecule has 0 unspecified atom stereocenters. The van der Waals surface area contributed by atoms with E-state index in [1.807, 2.05) is 0 Å². The van der Waals surface area contributed by atoms with Crippen molar-refractivity contribution in [2.75, 3.05) is 7.11 Å². The maximum atomic E-state index is 10.7. The Kier molecular flexibility index (Phi) is 2.66. The second-order valence-electron chi connectivity index (χ2n) is 2.45. The number of nitro benzene ring substituents is 1. The molecule has 1 aromatic rings. The van der Waals surface area contributed by atoms with E-state index >= 15 is 0 Å². The molecule has 0 aliphatic rings. The Bertz CT molecular complexity index is 387. The van der Waals surface area contributed by atoms with Gasteiger partial charge in [0, 0.05) is 12.1 Å². The molecule has 0 atom stereocenters. The lowest BCUT2D eigenvalue weighted by molar-refractivity contribution is -0.384. The van der Waals surface area contributed by atoms with Gasteiger partial charge in [-0.1, -0.05) is 0 Å². The number of aromatic carboxylic acids is 1. The van der Waals surface area contributed by atoms with E-state index in [1.165, 1.54) is 19.2 Å². The summed E-state index contributed by atoms with van der Waals surface area (Å²) in [5.41, 5.74) is -0.495. The van der Waals surface area contributed by atoms with Crippen LogP contribution in [0.15, 0.2) is 18.2 Å². The number of carboxylic acids is 1. The van der Waals surface area contributed by atoms with Crippen LogP contribution in [0, 0.1) is 10.1 Å². The summed E-state index contributed by atoms with van der Waals surface area (Å²) in [5.74, 6) is -1.16. The van der Waals surface area contributed by atoms with Gasteiger partial charge in [-0.2, -0.15) is 0 Å². The molecule has 14 heavy (non-hydrogen) atoms. The predicted octanol–water partition coefficient (Wildman–Crippen LogP) is 1.30. The molecule has 0 saturated carbocycles. The van der Waals surface area contributed by atoms with Crippen LogP contribution in [0.4, 0.5) is 5.69 Å². The quantitative estimate of drug-likeness (QED) is 0.582. The van der Waals surface area contributed by atoms with Crippen LogP contribution in [0.25, 0.3) is 0 Å². The van der Waals surface area contributed by atoms with E-state index in [9.17, 15) is 14.9 Å². The number of ether oxygens (including phenoxy) is 1. The zero-order valence-corrected chi connectivity index (χ0v) is 7.26. The first-order chi connectivity index (χ1) is 6.56. The minimum absolute atomic E-state index is 0.100. The summed E-state index contributed by atoms with van der Waals surface area (Å²) >= 11 is 0. The fraction of sp³-hybridized carbons (Fsp3) is 0.125. The minimum Gasteiger partial charge on any atom is -0.496 e. The molecule has 0 bridgehead atoms. The Morgan fingerprint density at radius 1 is 1.57 bits per heavy atom. The molecule has 0 saturated heterocycles. The first-order valence-corrected chi connectivity index (χ1v) is 3.62. The van der Waals surface area contributed by atoms with Crippen LogP contribution in [0.1, 0.15) is 10.4 Å². The normalized spacial score (nSPS) is 9.50. The van der Waals surface area contributed by atoms with Gasteiger partial charge in [-0.15, -0.1) is 0 Å². The highest BCUT2D eigenvalue weighted by Crippen LogP contribution is 2.23. The lowest BCUT2D eigenvalue weighted by Crippen LogP contribution is -2.01. The highest BCUT2D eigenvalue weighted by atomic mass is 16.6. The van der Waals surface area contributed by atoms with Crippen molar-refractivity contribution >= 4 is 11.7 Å². The van der Waals surface area contributed by atoms with E-state index in [2.05, 4.69) is 0 Å². The van der Waals surface area contributed by atoms with E-state index in [1.54, 1.807) is 0 Å². The van der Waals surface area contributed by atoms with Crippen molar-refractivity contribution in [3.8, 4) is 5.75 Å². The number of hydrogen-bond acceptors (Lipinski definition) is 4. The topological polar surface area (TPSA) is 89.7 Å². The van der Waals surface area contributed by atoms with Gasteiger partial charge in [-0.25, -0.2) is 4.79 Å². The van der Waals surface area contributed by atoms with Crippen LogP contribution in [-0.2, 0) is 0 Å². The number of nitro groups is 1. The zero-order chi connectivity index (χ0) is 10.7. The number of hydrogen-bond donors (Lipinski definition) is 1. The molecule has 0 fully saturated rings. The first kappa shape index (κ1) is 9.97. The van der Waals surface area contributed by atoms with E-state index in [0.29, 0.717) is 0 Å². The Balaban J connectivity index is 3.27. The Morgan fingerprint density at radius 3 is 2.64 bits per heavy atom. The summed E-state index contributed by atoms with van der Waals surface area (Å²) in [6.45, 7) is 0. The first-order valence-electron chi connectivity index (χ1n) is 3.62. The van der Waals surface area contributed by atoms with Crippen LogP contribution < -0.4 is 4.74 Å². The largest absolute Gasteiger partial charge is 0.496 e. The molecule has 0 aliphatic carbocycles. The third-order valence-electron chi connectivity index (χ3n) is 1.62. The SMILES string of the molecule is COc1ccc([N+](=O)[O-])cc1C(=O)O. The van der Waals surface area contributed by atoms with E-state index in [-0.39, 0.29) is 17.0 Å². The average Bonchev–Trinajstić information content (AvgIpc) is 2.16. The number of rotatable bonds is 3. The maximum absolute atomic E-state index is 10.7. The maximum Gasteiger partial charge on any atom is 0.339 e. The molecular weight excluding hydrogens is 190 g/mol. The lowest BCUT2D eigenvalue weighted by atomic mass is 10.2. The van der Waals surface area contributed by atoms with Gasteiger partial charge in [-0.05, 0) is 6.07 Å². The third-order valence-corrected chi connectivity index (χ3v) is 1.62. The van der Waals surface area contributed by atoms with Crippen molar-refractivity contribution in [1.82, 2.24) is 0 Å². The van der Waals surface area contributed by atoms with Crippen molar-refractivity contribution in [2.45, 2.75) is 0 Å². The number of carboxylic acid groups (broad SMARTS) is 1. The summed E-state index contributed by atoms with van der Waals surface area (Å²) in [6, 6.07) is 3.40. The molecule has 1 rings (SSSR count). The van der Waals surface area contributed by atoms with Crippen LogP contribution in [0.2, 0.25) is 0 Å². The molecule has 1 aromatic carbocycles. The van der Waals surface area contributed by atoms with E-state index in [4.69, 9.17) is 9.84 Å². The molecule has 1 N–H and O–H groups in total. The lowest BCUT2D eigenvalue weighted by Gasteiger charge is -2.03. The molecule has 0 spiro atoms. The van der Waals surface area contributed by atoms with Crippen molar-refractivity contribution in [1.29, 1.82) is 0 Å². The molecule has 0 aromatic heterocycles. The summed E-state index contributed by atoms with van der Waals surface area (Å²) in [5, 5.41) is 19.0. The van der Waals surface area contributed by atoms with E-state index < -0.39 is 10.9 Å². The molecule has 0 aliphatic heterocycles. The summed E-state index contributed by atoms with van der Waals surface area (Å²) in [7, 11) is 1.30. The van der Waals surface area contributed by atoms with Crippen molar-refractivity contribution in [2.24, 2.45) is 0 Å². The summed E-state index contributed by atoms with van der Waals surface area (Å²) in [6.07, 6.45) is 0. The van der Waals surface area contributed by atoms with Crippen LogP contribution >= 0.6 is 0 Å². The standard InChI is InChI=1S/C8H7NO5/c1-14-7-3-2-5(9(12)13)4-6(7)8(10)11/h2-4H,1H3,(H,10,11). The highest BCUT2D eigenvalue weighted by Gasteiger charge is 2.15. The van der Waals surface area contributed by atoms with Gasteiger partial charge in [0.15, 0.2) is 0 Å². The summed E-state index contributed by atoms with van der Waals surface area (Å²) < 4.78 is 4.74. The van der Waals surface area contributed by atoms with Gasteiger partial charge in [0.1, 0.15) is 11.3 Å². The number of benzene rings is 1.